The summed E-state index contributed by atoms with van der Waals surface area (Å²) in [5.41, 5.74) is 1.48. The standard InChI is InChI=1S/C15H30N4/c1-2-5-14-13-18-10-9-16-7-4-8-17-11-12-19-15(14)6-3-1/h14,16-18H,1-13H2. The van der Waals surface area contributed by atoms with Crippen LogP contribution in [0.3, 0.4) is 0 Å². The average molecular weight is 266 g/mol. The Kier molecular flexibility index (Phi) is 7.44. The van der Waals surface area contributed by atoms with Crippen molar-refractivity contribution in [2.75, 3.05) is 45.8 Å². The summed E-state index contributed by atoms with van der Waals surface area (Å²) >= 11 is 0. The second-order valence-corrected chi connectivity index (χ2v) is 5.73. The summed E-state index contributed by atoms with van der Waals surface area (Å²) in [5.74, 6) is 0.686. The molecule has 0 bridgehead atoms. The summed E-state index contributed by atoms with van der Waals surface area (Å²) in [6.07, 6.45) is 7.86. The van der Waals surface area contributed by atoms with Crippen molar-refractivity contribution in [1.29, 1.82) is 0 Å². The minimum Gasteiger partial charge on any atom is -0.315 e. The van der Waals surface area contributed by atoms with Gasteiger partial charge in [0.1, 0.15) is 0 Å². The molecule has 0 spiro atoms. The summed E-state index contributed by atoms with van der Waals surface area (Å²) in [5, 5.41) is 10.6. The van der Waals surface area contributed by atoms with E-state index in [1.54, 1.807) is 0 Å². The van der Waals surface area contributed by atoms with Crippen LogP contribution in [0.25, 0.3) is 0 Å². The van der Waals surface area contributed by atoms with Gasteiger partial charge in [0.15, 0.2) is 0 Å². The largest absolute Gasteiger partial charge is 0.315 e. The van der Waals surface area contributed by atoms with E-state index in [0.717, 1.165) is 45.8 Å². The minimum absolute atomic E-state index is 0.686. The van der Waals surface area contributed by atoms with E-state index >= 15 is 0 Å². The minimum atomic E-state index is 0.686. The lowest BCUT2D eigenvalue weighted by molar-refractivity contribution is 0.514. The molecule has 1 aliphatic heterocycles. The van der Waals surface area contributed by atoms with Crippen LogP contribution in [0.1, 0.15) is 38.5 Å². The van der Waals surface area contributed by atoms with Gasteiger partial charge in [0.05, 0.1) is 6.54 Å². The summed E-state index contributed by atoms with van der Waals surface area (Å²) < 4.78 is 0. The summed E-state index contributed by atoms with van der Waals surface area (Å²) in [7, 11) is 0. The number of hydrogen-bond donors (Lipinski definition) is 3. The van der Waals surface area contributed by atoms with Crippen LogP contribution in [0, 0.1) is 5.92 Å². The van der Waals surface area contributed by atoms with Gasteiger partial charge in [0.2, 0.25) is 0 Å². The Morgan fingerprint density at radius 1 is 0.789 bits per heavy atom. The van der Waals surface area contributed by atoms with Crippen molar-refractivity contribution in [3.8, 4) is 0 Å². The molecule has 19 heavy (non-hydrogen) atoms. The molecule has 0 radical (unpaired) electrons. The van der Waals surface area contributed by atoms with E-state index < -0.39 is 0 Å². The van der Waals surface area contributed by atoms with Crippen molar-refractivity contribution < 1.29 is 0 Å². The van der Waals surface area contributed by atoms with E-state index in [0.29, 0.717) is 5.92 Å². The van der Waals surface area contributed by atoms with Crippen molar-refractivity contribution in [3.05, 3.63) is 0 Å². The predicted molar refractivity (Wildman–Crippen MR) is 82.1 cm³/mol. The highest BCUT2D eigenvalue weighted by molar-refractivity contribution is 5.87. The molecule has 1 aliphatic carbocycles. The summed E-state index contributed by atoms with van der Waals surface area (Å²) in [6.45, 7) is 7.49. The third kappa shape index (κ3) is 6.02. The maximum Gasteiger partial charge on any atom is 0.0513 e. The lowest BCUT2D eigenvalue weighted by atomic mass is 9.98. The van der Waals surface area contributed by atoms with Crippen LogP contribution in [0.4, 0.5) is 0 Å². The molecule has 1 atom stereocenters. The van der Waals surface area contributed by atoms with Crippen molar-refractivity contribution in [3.63, 3.8) is 0 Å². The molecular weight excluding hydrogens is 236 g/mol. The van der Waals surface area contributed by atoms with Crippen molar-refractivity contribution in [2.45, 2.75) is 38.5 Å². The van der Waals surface area contributed by atoms with Crippen LogP contribution >= 0.6 is 0 Å². The molecule has 2 rings (SSSR count). The highest BCUT2D eigenvalue weighted by Gasteiger charge is 2.18. The molecule has 0 aromatic rings. The van der Waals surface area contributed by atoms with E-state index in [1.807, 2.05) is 0 Å². The average Bonchev–Trinajstić information content (AvgIpc) is 2.65. The summed E-state index contributed by atoms with van der Waals surface area (Å²) in [4.78, 5) is 4.89. The monoisotopic (exact) mass is 266 g/mol. The second kappa shape index (κ2) is 9.45. The van der Waals surface area contributed by atoms with Crippen molar-refractivity contribution in [1.82, 2.24) is 16.0 Å². The predicted octanol–water partition coefficient (Wildman–Crippen LogP) is 1.18. The Bertz CT molecular complexity index is 265. The fourth-order valence-electron chi connectivity index (χ4n) is 2.99. The molecule has 2 aliphatic rings. The van der Waals surface area contributed by atoms with Crippen LogP contribution in [0.15, 0.2) is 4.99 Å². The number of nitrogens with one attached hydrogen (secondary N) is 3. The smallest absolute Gasteiger partial charge is 0.0513 e. The molecule has 1 saturated carbocycles. The van der Waals surface area contributed by atoms with Gasteiger partial charge in [-0.15, -0.1) is 0 Å². The quantitative estimate of drug-likeness (QED) is 0.617. The molecule has 110 valence electrons. The number of rotatable bonds is 0. The SMILES string of the molecule is C1CCC2=NCCNCCCNCCNCC2CC1. The zero-order chi connectivity index (χ0) is 13.2. The Morgan fingerprint density at radius 3 is 2.58 bits per heavy atom. The topological polar surface area (TPSA) is 48.5 Å². The lowest BCUT2D eigenvalue weighted by Gasteiger charge is -2.18. The first-order valence-electron chi connectivity index (χ1n) is 8.12. The Hall–Kier alpha value is -0.450. The van der Waals surface area contributed by atoms with Crippen molar-refractivity contribution in [2.24, 2.45) is 10.9 Å². The van der Waals surface area contributed by atoms with Gasteiger partial charge in [-0.25, -0.2) is 0 Å². The van der Waals surface area contributed by atoms with Crippen LogP contribution in [-0.2, 0) is 0 Å². The lowest BCUT2D eigenvalue weighted by Crippen LogP contribution is -2.35. The first kappa shape index (κ1) is 14.9. The van der Waals surface area contributed by atoms with E-state index in [2.05, 4.69) is 16.0 Å². The molecule has 4 nitrogen and oxygen atoms in total. The highest BCUT2D eigenvalue weighted by Crippen LogP contribution is 2.20. The van der Waals surface area contributed by atoms with Crippen LogP contribution in [0.5, 0.6) is 0 Å². The molecule has 1 fully saturated rings. The number of hydrogen-bond acceptors (Lipinski definition) is 4. The van der Waals surface area contributed by atoms with Crippen LogP contribution < -0.4 is 16.0 Å². The van der Waals surface area contributed by atoms with Crippen molar-refractivity contribution >= 4 is 5.71 Å². The number of aliphatic imine (C=N–C) groups is 1. The van der Waals surface area contributed by atoms with E-state index in [4.69, 9.17) is 4.99 Å². The van der Waals surface area contributed by atoms with E-state index in [-0.39, 0.29) is 0 Å². The molecule has 4 heteroatoms. The third-order valence-electron chi connectivity index (χ3n) is 4.14. The van der Waals surface area contributed by atoms with Gasteiger partial charge in [-0.1, -0.05) is 12.8 Å². The normalized spacial score (nSPS) is 28.6. The first-order valence-corrected chi connectivity index (χ1v) is 8.12. The zero-order valence-corrected chi connectivity index (χ0v) is 12.2. The Balaban J connectivity index is 1.88. The Morgan fingerprint density at radius 2 is 1.63 bits per heavy atom. The second-order valence-electron chi connectivity index (χ2n) is 5.73. The number of nitrogens with zero attached hydrogens (tertiary/aromatic N) is 1. The number of fused-ring (bicyclic) bond motifs is 1. The molecule has 0 aromatic carbocycles. The molecule has 0 amide bonds. The maximum absolute atomic E-state index is 4.89. The van der Waals surface area contributed by atoms with E-state index in [1.165, 1.54) is 44.2 Å². The van der Waals surface area contributed by atoms with Gasteiger partial charge in [-0.05, 0) is 38.8 Å². The fraction of sp³-hybridized carbons (Fsp3) is 0.933. The first-order chi connectivity index (χ1) is 9.47. The molecule has 3 N–H and O–H groups in total. The van der Waals surface area contributed by atoms with Crippen LogP contribution in [-0.4, -0.2) is 51.5 Å². The van der Waals surface area contributed by atoms with Crippen LogP contribution in [0.2, 0.25) is 0 Å². The molecule has 0 aromatic heterocycles. The highest BCUT2D eigenvalue weighted by atomic mass is 15.0. The zero-order valence-electron chi connectivity index (χ0n) is 12.2. The molecular formula is C15H30N4. The van der Waals surface area contributed by atoms with Gasteiger partial charge in [-0.2, -0.15) is 0 Å². The Labute approximate surface area is 117 Å². The third-order valence-corrected chi connectivity index (χ3v) is 4.14. The molecule has 1 heterocycles. The summed E-state index contributed by atoms with van der Waals surface area (Å²) in [6, 6.07) is 0. The van der Waals surface area contributed by atoms with Gasteiger partial charge in [0, 0.05) is 37.8 Å². The molecule has 1 unspecified atom stereocenters. The molecule has 0 saturated heterocycles. The van der Waals surface area contributed by atoms with Gasteiger partial charge in [0.25, 0.3) is 0 Å². The fourth-order valence-corrected chi connectivity index (χ4v) is 2.99. The van der Waals surface area contributed by atoms with Gasteiger partial charge in [-0.3, -0.25) is 4.99 Å². The maximum atomic E-state index is 4.89. The van der Waals surface area contributed by atoms with Gasteiger partial charge < -0.3 is 16.0 Å². The van der Waals surface area contributed by atoms with E-state index in [9.17, 15) is 0 Å². The van der Waals surface area contributed by atoms with Gasteiger partial charge >= 0.3 is 0 Å².